The number of hydrogen-bond acceptors (Lipinski definition) is 2. The summed E-state index contributed by atoms with van der Waals surface area (Å²) in [5, 5.41) is 0. The highest BCUT2D eigenvalue weighted by molar-refractivity contribution is 6.16. The van der Waals surface area contributed by atoms with Gasteiger partial charge in [0.1, 0.15) is 5.82 Å². The van der Waals surface area contributed by atoms with E-state index >= 15 is 0 Å². The topological polar surface area (TPSA) is 21.1 Å². The summed E-state index contributed by atoms with van der Waals surface area (Å²) < 4.78 is 2.25. The Morgan fingerprint density at radius 3 is 2.74 bits per heavy atom. The van der Waals surface area contributed by atoms with Gasteiger partial charge >= 0.3 is 0 Å². The third kappa shape index (κ3) is 3.28. The fraction of sp³-hybridized carbons (Fsp3) is 0.533. The highest BCUT2D eigenvalue weighted by atomic mass is 35.5. The number of imidazole rings is 1. The minimum Gasteiger partial charge on any atom is -0.327 e. The van der Waals surface area contributed by atoms with Crippen LogP contribution in [0.3, 0.4) is 0 Å². The molecule has 0 saturated carbocycles. The van der Waals surface area contributed by atoms with Crippen LogP contribution in [-0.4, -0.2) is 34.1 Å². The lowest BCUT2D eigenvalue weighted by molar-refractivity contribution is 0.265. The first-order chi connectivity index (χ1) is 9.13. The summed E-state index contributed by atoms with van der Waals surface area (Å²) in [6.07, 6.45) is 1.11. The van der Waals surface area contributed by atoms with Crippen LogP contribution in [0.15, 0.2) is 24.3 Å². The molecular formula is C15H22ClN3. The Balaban J connectivity index is 2.11. The number of fused-ring (bicyclic) bond motifs is 1. The van der Waals surface area contributed by atoms with Gasteiger partial charge in [-0.15, -0.1) is 11.6 Å². The largest absolute Gasteiger partial charge is 0.327 e. The second-order valence-corrected chi connectivity index (χ2v) is 5.50. The predicted molar refractivity (Wildman–Crippen MR) is 81.7 cm³/mol. The minimum atomic E-state index is 0.467. The van der Waals surface area contributed by atoms with Crippen molar-refractivity contribution in [3.8, 4) is 0 Å². The Hall–Kier alpha value is -1.06. The second kappa shape index (κ2) is 6.40. The van der Waals surface area contributed by atoms with Gasteiger partial charge in [0, 0.05) is 12.6 Å². The zero-order valence-corrected chi connectivity index (χ0v) is 12.7. The Morgan fingerprint density at radius 1 is 1.32 bits per heavy atom. The standard InChI is InChI=1S/C15H22ClN3/c1-12(2)18(3)9-6-10-19-14-8-5-4-7-13(14)17-15(19)11-16/h4-5,7-8,12H,6,9-11H2,1-3H3. The summed E-state index contributed by atoms with van der Waals surface area (Å²) in [5.41, 5.74) is 2.22. The highest BCUT2D eigenvalue weighted by Crippen LogP contribution is 2.17. The summed E-state index contributed by atoms with van der Waals surface area (Å²) in [5.74, 6) is 1.43. The normalized spacial score (nSPS) is 11.9. The van der Waals surface area contributed by atoms with Crippen LogP contribution in [0.1, 0.15) is 26.1 Å². The SMILES string of the molecule is CC(C)N(C)CCCn1c(CCl)nc2ccccc21. The molecule has 3 nitrogen and oxygen atoms in total. The van der Waals surface area contributed by atoms with Crippen molar-refractivity contribution < 1.29 is 0 Å². The van der Waals surface area contributed by atoms with Crippen LogP contribution < -0.4 is 0 Å². The fourth-order valence-corrected chi connectivity index (χ4v) is 2.42. The number of aryl methyl sites for hydroxylation is 1. The fourth-order valence-electron chi connectivity index (χ4n) is 2.21. The number of hydrogen-bond donors (Lipinski definition) is 0. The summed E-state index contributed by atoms with van der Waals surface area (Å²) in [7, 11) is 2.17. The van der Waals surface area contributed by atoms with E-state index in [0.29, 0.717) is 11.9 Å². The van der Waals surface area contributed by atoms with E-state index in [-0.39, 0.29) is 0 Å². The number of rotatable bonds is 6. The van der Waals surface area contributed by atoms with Crippen molar-refractivity contribution in [2.45, 2.75) is 38.7 Å². The molecule has 1 heterocycles. The first-order valence-corrected chi connectivity index (χ1v) is 7.37. The van der Waals surface area contributed by atoms with Gasteiger partial charge in [-0.1, -0.05) is 12.1 Å². The van der Waals surface area contributed by atoms with Crippen molar-refractivity contribution in [1.82, 2.24) is 14.5 Å². The average Bonchev–Trinajstić information content (AvgIpc) is 2.76. The number of aromatic nitrogens is 2. The molecule has 0 unspecified atom stereocenters. The van der Waals surface area contributed by atoms with Crippen LogP contribution in [0.5, 0.6) is 0 Å². The molecule has 0 N–H and O–H groups in total. The van der Waals surface area contributed by atoms with Gasteiger partial charge in [0.15, 0.2) is 0 Å². The molecule has 0 aliphatic carbocycles. The highest BCUT2D eigenvalue weighted by Gasteiger charge is 2.09. The van der Waals surface area contributed by atoms with Gasteiger partial charge in [0.2, 0.25) is 0 Å². The van der Waals surface area contributed by atoms with Crippen molar-refractivity contribution in [3.05, 3.63) is 30.1 Å². The Morgan fingerprint density at radius 2 is 2.05 bits per heavy atom. The lowest BCUT2D eigenvalue weighted by atomic mass is 10.3. The van der Waals surface area contributed by atoms with Gasteiger partial charge < -0.3 is 9.47 Å². The molecule has 1 aromatic heterocycles. The molecule has 0 spiro atoms. The van der Waals surface area contributed by atoms with E-state index in [0.717, 1.165) is 30.9 Å². The minimum absolute atomic E-state index is 0.467. The predicted octanol–water partition coefficient (Wildman–Crippen LogP) is 3.51. The molecule has 0 bridgehead atoms. The van der Waals surface area contributed by atoms with Gasteiger partial charge in [-0.3, -0.25) is 0 Å². The third-order valence-corrected chi connectivity index (χ3v) is 3.87. The van der Waals surface area contributed by atoms with Crippen molar-refractivity contribution in [2.75, 3.05) is 13.6 Å². The molecule has 2 aromatic rings. The molecule has 1 aromatic carbocycles. The molecule has 19 heavy (non-hydrogen) atoms. The van der Waals surface area contributed by atoms with Gasteiger partial charge in [0.25, 0.3) is 0 Å². The maximum Gasteiger partial charge on any atom is 0.124 e. The van der Waals surface area contributed by atoms with Gasteiger partial charge in [-0.2, -0.15) is 0 Å². The Kier molecular flexibility index (Phi) is 4.83. The van der Waals surface area contributed by atoms with Gasteiger partial charge in [-0.05, 0) is 46.0 Å². The van der Waals surface area contributed by atoms with Crippen LogP contribution in [-0.2, 0) is 12.4 Å². The molecule has 4 heteroatoms. The van der Waals surface area contributed by atoms with Crippen LogP contribution in [0.2, 0.25) is 0 Å². The molecule has 0 amide bonds. The Bertz CT molecular complexity index is 533. The zero-order chi connectivity index (χ0) is 13.8. The number of halogens is 1. The molecule has 0 radical (unpaired) electrons. The Labute approximate surface area is 120 Å². The molecule has 0 saturated heterocycles. The van der Waals surface area contributed by atoms with Crippen LogP contribution in [0.25, 0.3) is 11.0 Å². The van der Waals surface area contributed by atoms with E-state index in [4.69, 9.17) is 11.6 Å². The second-order valence-electron chi connectivity index (χ2n) is 5.23. The molecule has 104 valence electrons. The van der Waals surface area contributed by atoms with E-state index in [2.05, 4.69) is 47.5 Å². The maximum absolute atomic E-state index is 6.00. The van der Waals surface area contributed by atoms with Crippen molar-refractivity contribution in [3.63, 3.8) is 0 Å². The zero-order valence-electron chi connectivity index (χ0n) is 11.9. The van der Waals surface area contributed by atoms with Crippen molar-refractivity contribution in [1.29, 1.82) is 0 Å². The van der Waals surface area contributed by atoms with Gasteiger partial charge in [0.05, 0.1) is 16.9 Å². The molecule has 0 atom stereocenters. The van der Waals surface area contributed by atoms with Crippen LogP contribution in [0, 0.1) is 0 Å². The summed E-state index contributed by atoms with van der Waals surface area (Å²) in [6.45, 7) is 6.50. The third-order valence-electron chi connectivity index (χ3n) is 3.63. The van der Waals surface area contributed by atoms with Crippen LogP contribution in [0.4, 0.5) is 0 Å². The molecule has 2 rings (SSSR count). The molecule has 0 fully saturated rings. The maximum atomic E-state index is 6.00. The smallest absolute Gasteiger partial charge is 0.124 e. The summed E-state index contributed by atoms with van der Waals surface area (Å²) >= 11 is 6.00. The van der Waals surface area contributed by atoms with Crippen molar-refractivity contribution >= 4 is 22.6 Å². The number of benzene rings is 1. The molecule has 0 aliphatic heterocycles. The summed E-state index contributed by atoms with van der Waals surface area (Å²) in [6, 6.07) is 8.82. The van der Waals surface area contributed by atoms with Gasteiger partial charge in [-0.25, -0.2) is 4.98 Å². The first kappa shape index (κ1) is 14.4. The van der Waals surface area contributed by atoms with Crippen LogP contribution >= 0.6 is 11.6 Å². The van der Waals surface area contributed by atoms with E-state index in [1.807, 2.05) is 12.1 Å². The number of nitrogens with zero attached hydrogens (tertiary/aromatic N) is 3. The number of para-hydroxylation sites is 2. The molecular weight excluding hydrogens is 258 g/mol. The van der Waals surface area contributed by atoms with Crippen molar-refractivity contribution in [2.24, 2.45) is 0 Å². The number of alkyl halides is 1. The van der Waals surface area contributed by atoms with E-state index in [1.165, 1.54) is 5.52 Å². The monoisotopic (exact) mass is 279 g/mol. The lowest BCUT2D eigenvalue weighted by Gasteiger charge is -2.21. The molecule has 0 aliphatic rings. The van der Waals surface area contributed by atoms with E-state index in [9.17, 15) is 0 Å². The first-order valence-electron chi connectivity index (χ1n) is 6.84. The quantitative estimate of drug-likeness (QED) is 0.755. The summed E-state index contributed by atoms with van der Waals surface area (Å²) in [4.78, 5) is 6.94. The van der Waals surface area contributed by atoms with E-state index in [1.54, 1.807) is 0 Å². The van der Waals surface area contributed by atoms with E-state index < -0.39 is 0 Å². The average molecular weight is 280 g/mol. The lowest BCUT2D eigenvalue weighted by Crippen LogP contribution is -2.28.